The summed E-state index contributed by atoms with van der Waals surface area (Å²) in [5, 5.41) is 13.5. The highest BCUT2D eigenvalue weighted by Gasteiger charge is 2.28. The monoisotopic (exact) mass is 274 g/mol. The highest BCUT2D eigenvalue weighted by molar-refractivity contribution is 5.88. The number of aromatic nitrogens is 3. The molecule has 1 unspecified atom stereocenters. The zero-order valence-electron chi connectivity index (χ0n) is 11.7. The van der Waals surface area contributed by atoms with E-state index in [9.17, 15) is 4.79 Å². The Morgan fingerprint density at radius 1 is 1.50 bits per heavy atom. The lowest BCUT2D eigenvalue weighted by Gasteiger charge is -2.19. The molecular formula is C14H18N4O2. The zero-order valence-corrected chi connectivity index (χ0v) is 11.7. The van der Waals surface area contributed by atoms with E-state index < -0.39 is 5.97 Å². The third-order valence-corrected chi connectivity index (χ3v) is 3.92. The van der Waals surface area contributed by atoms with Crippen molar-refractivity contribution in [3.63, 3.8) is 0 Å². The number of carboxylic acids is 1. The first kappa shape index (κ1) is 13.1. The van der Waals surface area contributed by atoms with Crippen LogP contribution in [0.15, 0.2) is 18.3 Å². The van der Waals surface area contributed by atoms with Crippen molar-refractivity contribution in [3.8, 4) is 0 Å². The van der Waals surface area contributed by atoms with E-state index in [0.29, 0.717) is 17.6 Å². The minimum atomic E-state index is -0.941. The number of carboxylic acid groups (broad SMARTS) is 1. The maximum Gasteiger partial charge on any atom is 0.335 e. The average Bonchev–Trinajstić information content (AvgIpc) is 3.04. The van der Waals surface area contributed by atoms with Crippen molar-refractivity contribution in [1.29, 1.82) is 0 Å². The Morgan fingerprint density at radius 3 is 2.95 bits per heavy atom. The standard InChI is InChI=1S/C14H18N4O2/c1-9(2)17-5-3-11(8-17)13-15-12-7-10(14(19)20)4-6-18(12)16-13/h4,6-7,9,11H,3,5,8H2,1-2H3,(H,19,20). The van der Waals surface area contributed by atoms with Gasteiger partial charge in [0.1, 0.15) is 0 Å². The van der Waals surface area contributed by atoms with Gasteiger partial charge in [-0.1, -0.05) is 0 Å². The molecule has 0 spiro atoms. The molecule has 1 saturated heterocycles. The predicted octanol–water partition coefficient (Wildman–Crippen LogP) is 1.63. The average molecular weight is 274 g/mol. The topological polar surface area (TPSA) is 70.7 Å². The fourth-order valence-corrected chi connectivity index (χ4v) is 2.67. The van der Waals surface area contributed by atoms with E-state index in [0.717, 1.165) is 25.3 Å². The summed E-state index contributed by atoms with van der Waals surface area (Å²) in [6, 6.07) is 3.65. The summed E-state index contributed by atoms with van der Waals surface area (Å²) in [6.07, 6.45) is 2.71. The molecule has 0 aliphatic carbocycles. The number of nitrogens with zero attached hydrogens (tertiary/aromatic N) is 4. The number of aromatic carboxylic acids is 1. The Hall–Kier alpha value is -1.95. The first-order chi connectivity index (χ1) is 9.54. The van der Waals surface area contributed by atoms with Crippen LogP contribution in [0.5, 0.6) is 0 Å². The number of hydrogen-bond donors (Lipinski definition) is 1. The van der Waals surface area contributed by atoms with Crippen molar-refractivity contribution in [2.24, 2.45) is 0 Å². The van der Waals surface area contributed by atoms with Gasteiger partial charge in [0, 0.05) is 24.7 Å². The molecule has 3 rings (SSSR count). The summed E-state index contributed by atoms with van der Waals surface area (Å²) >= 11 is 0. The van der Waals surface area contributed by atoms with Gasteiger partial charge in [-0.15, -0.1) is 0 Å². The van der Waals surface area contributed by atoms with Crippen LogP contribution in [-0.4, -0.2) is 49.7 Å². The molecule has 3 heterocycles. The van der Waals surface area contributed by atoms with Gasteiger partial charge < -0.3 is 10.0 Å². The van der Waals surface area contributed by atoms with Crippen LogP contribution in [0.2, 0.25) is 0 Å². The fourth-order valence-electron chi connectivity index (χ4n) is 2.67. The van der Waals surface area contributed by atoms with Crippen molar-refractivity contribution in [3.05, 3.63) is 29.7 Å². The quantitative estimate of drug-likeness (QED) is 0.921. The Bertz CT molecular complexity index is 650. The van der Waals surface area contributed by atoms with Crippen LogP contribution in [0.1, 0.15) is 42.4 Å². The van der Waals surface area contributed by atoms with Crippen molar-refractivity contribution < 1.29 is 9.90 Å². The molecule has 1 fully saturated rings. The number of likely N-dealkylation sites (tertiary alicyclic amines) is 1. The molecular weight excluding hydrogens is 256 g/mol. The largest absolute Gasteiger partial charge is 0.478 e. The lowest BCUT2D eigenvalue weighted by atomic mass is 10.1. The third-order valence-electron chi connectivity index (χ3n) is 3.92. The van der Waals surface area contributed by atoms with Crippen molar-refractivity contribution in [2.45, 2.75) is 32.2 Å². The molecule has 0 radical (unpaired) electrons. The minimum absolute atomic E-state index is 0.242. The van der Waals surface area contributed by atoms with Gasteiger partial charge in [0.05, 0.1) is 5.56 Å². The van der Waals surface area contributed by atoms with Gasteiger partial charge in [-0.25, -0.2) is 14.3 Å². The molecule has 0 aromatic carbocycles. The van der Waals surface area contributed by atoms with Crippen LogP contribution in [-0.2, 0) is 0 Å². The Kier molecular flexibility index (Phi) is 3.17. The predicted molar refractivity (Wildman–Crippen MR) is 74.0 cm³/mol. The number of hydrogen-bond acceptors (Lipinski definition) is 4. The second-order valence-electron chi connectivity index (χ2n) is 5.57. The van der Waals surface area contributed by atoms with Crippen LogP contribution in [0, 0.1) is 0 Å². The summed E-state index contributed by atoms with van der Waals surface area (Å²) in [4.78, 5) is 17.9. The Balaban J connectivity index is 1.88. The lowest BCUT2D eigenvalue weighted by molar-refractivity contribution is 0.0697. The molecule has 1 aliphatic heterocycles. The summed E-state index contributed by atoms with van der Waals surface area (Å²) in [7, 11) is 0. The van der Waals surface area contributed by atoms with E-state index in [1.165, 1.54) is 0 Å². The normalized spacial score (nSPS) is 20.1. The summed E-state index contributed by atoms with van der Waals surface area (Å²) in [6.45, 7) is 6.43. The molecule has 1 N–H and O–H groups in total. The molecule has 2 aromatic rings. The van der Waals surface area contributed by atoms with Crippen LogP contribution in [0.3, 0.4) is 0 Å². The fraction of sp³-hybridized carbons (Fsp3) is 0.500. The van der Waals surface area contributed by atoms with Gasteiger partial charge in [0.15, 0.2) is 11.5 Å². The van der Waals surface area contributed by atoms with Crippen LogP contribution < -0.4 is 0 Å². The van der Waals surface area contributed by atoms with Crippen molar-refractivity contribution in [1.82, 2.24) is 19.5 Å². The van der Waals surface area contributed by atoms with Crippen LogP contribution >= 0.6 is 0 Å². The van der Waals surface area contributed by atoms with E-state index in [4.69, 9.17) is 5.11 Å². The van der Waals surface area contributed by atoms with E-state index in [2.05, 4.69) is 28.8 Å². The maximum atomic E-state index is 11.0. The van der Waals surface area contributed by atoms with E-state index in [1.807, 2.05) is 0 Å². The van der Waals surface area contributed by atoms with Gasteiger partial charge in [-0.05, 0) is 38.9 Å². The Morgan fingerprint density at radius 2 is 2.30 bits per heavy atom. The Labute approximate surface area is 117 Å². The van der Waals surface area contributed by atoms with Crippen molar-refractivity contribution in [2.75, 3.05) is 13.1 Å². The number of carbonyl (C=O) groups is 1. The first-order valence-electron chi connectivity index (χ1n) is 6.88. The first-order valence-corrected chi connectivity index (χ1v) is 6.88. The molecule has 1 atom stereocenters. The highest BCUT2D eigenvalue weighted by atomic mass is 16.4. The van der Waals surface area contributed by atoms with Gasteiger partial charge >= 0.3 is 5.97 Å². The molecule has 6 nitrogen and oxygen atoms in total. The number of pyridine rings is 1. The molecule has 0 saturated carbocycles. The molecule has 106 valence electrons. The third kappa shape index (κ3) is 2.27. The SMILES string of the molecule is CC(C)N1CCC(c2nc3cc(C(=O)O)ccn3n2)C1. The summed E-state index contributed by atoms with van der Waals surface area (Å²) < 4.78 is 1.65. The lowest BCUT2D eigenvalue weighted by Crippen LogP contribution is -2.28. The molecule has 0 bridgehead atoms. The highest BCUT2D eigenvalue weighted by Crippen LogP contribution is 2.26. The van der Waals surface area contributed by atoms with Gasteiger partial charge in [-0.2, -0.15) is 5.10 Å². The van der Waals surface area contributed by atoms with Crippen LogP contribution in [0.25, 0.3) is 5.65 Å². The molecule has 6 heteroatoms. The van der Waals surface area contributed by atoms with Gasteiger partial charge in [0.2, 0.25) is 0 Å². The van der Waals surface area contributed by atoms with Crippen LogP contribution in [0.4, 0.5) is 0 Å². The van der Waals surface area contributed by atoms with E-state index >= 15 is 0 Å². The maximum absolute atomic E-state index is 11.0. The van der Waals surface area contributed by atoms with Gasteiger partial charge in [0.25, 0.3) is 0 Å². The van der Waals surface area contributed by atoms with Crippen molar-refractivity contribution >= 4 is 11.6 Å². The minimum Gasteiger partial charge on any atom is -0.478 e. The number of rotatable bonds is 3. The van der Waals surface area contributed by atoms with Gasteiger partial charge in [-0.3, -0.25) is 0 Å². The van der Waals surface area contributed by atoms with E-state index in [-0.39, 0.29) is 5.56 Å². The zero-order chi connectivity index (χ0) is 14.3. The number of fused-ring (bicyclic) bond motifs is 1. The molecule has 20 heavy (non-hydrogen) atoms. The van der Waals surface area contributed by atoms with E-state index in [1.54, 1.807) is 22.8 Å². The summed E-state index contributed by atoms with van der Waals surface area (Å²) in [5.41, 5.74) is 0.842. The second kappa shape index (κ2) is 4.86. The smallest absolute Gasteiger partial charge is 0.335 e. The second-order valence-corrected chi connectivity index (χ2v) is 5.57. The molecule has 2 aromatic heterocycles. The molecule has 1 aliphatic rings. The molecule has 0 amide bonds. The summed E-state index contributed by atoms with van der Waals surface area (Å²) in [5.74, 6) is 0.213.